The predicted molar refractivity (Wildman–Crippen MR) is 84.1 cm³/mol. The maximum atomic E-state index is 12.2. The van der Waals surface area contributed by atoms with Gasteiger partial charge in [-0.3, -0.25) is 4.21 Å². The summed E-state index contributed by atoms with van der Waals surface area (Å²) in [6, 6.07) is 14.9. The van der Waals surface area contributed by atoms with Crippen molar-refractivity contribution in [3.8, 4) is 11.5 Å². The second kappa shape index (κ2) is 7.81. The highest BCUT2D eigenvalue weighted by Gasteiger charge is 2.07. The predicted octanol–water partition coefficient (Wildman–Crippen LogP) is 2.34. The molecule has 0 aliphatic rings. The van der Waals surface area contributed by atoms with E-state index in [4.69, 9.17) is 15.2 Å². The quantitative estimate of drug-likeness (QED) is 0.853. The van der Waals surface area contributed by atoms with Crippen LogP contribution >= 0.6 is 0 Å². The number of hydrogen-bond acceptors (Lipinski definition) is 4. The highest BCUT2D eigenvalue weighted by atomic mass is 32.2. The first-order valence-electron chi connectivity index (χ1n) is 6.68. The molecule has 0 bridgehead atoms. The number of ether oxygens (including phenoxy) is 2. The summed E-state index contributed by atoms with van der Waals surface area (Å²) in [7, 11) is 0.478. The van der Waals surface area contributed by atoms with E-state index in [0.717, 1.165) is 16.2 Å². The van der Waals surface area contributed by atoms with Gasteiger partial charge in [0.1, 0.15) is 18.1 Å². The topological polar surface area (TPSA) is 61.5 Å². The van der Waals surface area contributed by atoms with Crippen LogP contribution in [-0.4, -0.2) is 23.7 Å². The number of rotatable bonds is 7. The van der Waals surface area contributed by atoms with Crippen LogP contribution in [0.5, 0.6) is 11.5 Å². The minimum atomic E-state index is -1.11. The molecule has 0 radical (unpaired) electrons. The Morgan fingerprint density at radius 1 is 1.14 bits per heavy atom. The normalized spacial score (nSPS) is 11.9. The Morgan fingerprint density at radius 2 is 1.95 bits per heavy atom. The van der Waals surface area contributed by atoms with Gasteiger partial charge in [0.05, 0.1) is 23.7 Å². The summed E-state index contributed by atoms with van der Waals surface area (Å²) in [4.78, 5) is 0.741. The zero-order valence-electron chi connectivity index (χ0n) is 12.0. The first-order chi connectivity index (χ1) is 10.2. The Kier molecular flexibility index (Phi) is 5.78. The van der Waals surface area contributed by atoms with Crippen LogP contribution in [-0.2, 0) is 17.3 Å². The molecule has 5 heteroatoms. The average Bonchev–Trinajstić information content (AvgIpc) is 2.55. The van der Waals surface area contributed by atoms with Crippen LogP contribution in [0.3, 0.4) is 0 Å². The van der Waals surface area contributed by atoms with Crippen molar-refractivity contribution >= 4 is 10.8 Å². The number of hydrogen-bond donors (Lipinski definition) is 1. The first-order valence-corrected chi connectivity index (χ1v) is 7.99. The molecule has 0 aromatic heterocycles. The monoisotopic (exact) mass is 305 g/mol. The Morgan fingerprint density at radius 3 is 2.71 bits per heavy atom. The molecule has 2 aromatic carbocycles. The maximum Gasteiger partial charge on any atom is 0.123 e. The van der Waals surface area contributed by atoms with Crippen LogP contribution in [0.1, 0.15) is 5.56 Å². The lowest BCUT2D eigenvalue weighted by molar-refractivity contribution is 0.339. The van der Waals surface area contributed by atoms with E-state index in [0.29, 0.717) is 24.7 Å². The number of methoxy groups -OCH3 is 1. The van der Waals surface area contributed by atoms with Gasteiger partial charge in [0.25, 0.3) is 0 Å². The van der Waals surface area contributed by atoms with Crippen molar-refractivity contribution in [1.82, 2.24) is 0 Å². The molecule has 21 heavy (non-hydrogen) atoms. The van der Waals surface area contributed by atoms with Gasteiger partial charge in [0.15, 0.2) is 0 Å². The molecule has 1 atom stereocenters. The highest BCUT2D eigenvalue weighted by molar-refractivity contribution is 7.85. The van der Waals surface area contributed by atoms with Crippen LogP contribution in [0, 0.1) is 0 Å². The van der Waals surface area contributed by atoms with Crippen LogP contribution in [0.25, 0.3) is 0 Å². The van der Waals surface area contributed by atoms with Crippen molar-refractivity contribution in [1.29, 1.82) is 0 Å². The number of para-hydroxylation sites is 1. The van der Waals surface area contributed by atoms with Crippen molar-refractivity contribution in [3.63, 3.8) is 0 Å². The van der Waals surface area contributed by atoms with Gasteiger partial charge >= 0.3 is 0 Å². The van der Waals surface area contributed by atoms with Crippen LogP contribution in [0.15, 0.2) is 53.4 Å². The van der Waals surface area contributed by atoms with E-state index in [1.165, 1.54) is 0 Å². The van der Waals surface area contributed by atoms with Crippen molar-refractivity contribution < 1.29 is 13.7 Å². The third kappa shape index (κ3) is 4.31. The van der Waals surface area contributed by atoms with Crippen molar-refractivity contribution in [2.45, 2.75) is 11.4 Å². The second-order valence-electron chi connectivity index (χ2n) is 4.39. The Hall–Kier alpha value is -1.85. The zero-order chi connectivity index (χ0) is 15.1. The molecule has 4 nitrogen and oxygen atoms in total. The molecular weight excluding hydrogens is 286 g/mol. The average molecular weight is 305 g/mol. The van der Waals surface area contributed by atoms with E-state index in [1.54, 1.807) is 13.2 Å². The molecule has 2 aromatic rings. The lowest BCUT2D eigenvalue weighted by atomic mass is 10.2. The number of nitrogens with two attached hydrogens (primary N) is 1. The SMILES string of the molecule is COc1cccc(S(=O)CCOc2ccccc2CN)c1. The zero-order valence-corrected chi connectivity index (χ0v) is 12.8. The van der Waals surface area contributed by atoms with E-state index in [9.17, 15) is 4.21 Å². The Bertz CT molecular complexity index is 616. The van der Waals surface area contributed by atoms with Gasteiger partial charge in [-0.15, -0.1) is 0 Å². The molecular formula is C16H19NO3S. The molecule has 1 unspecified atom stereocenters. The Balaban J connectivity index is 1.92. The van der Waals surface area contributed by atoms with Crippen molar-refractivity contribution in [2.24, 2.45) is 5.73 Å². The largest absolute Gasteiger partial charge is 0.497 e. The summed E-state index contributed by atoms with van der Waals surface area (Å²) in [5, 5.41) is 0. The molecule has 2 rings (SSSR count). The van der Waals surface area contributed by atoms with Crippen molar-refractivity contribution in [2.75, 3.05) is 19.5 Å². The lowest BCUT2D eigenvalue weighted by Gasteiger charge is -2.10. The van der Waals surface area contributed by atoms with Crippen molar-refractivity contribution in [3.05, 3.63) is 54.1 Å². The molecule has 0 spiro atoms. The molecule has 0 aliphatic carbocycles. The summed E-state index contributed by atoms with van der Waals surface area (Å²) in [6.45, 7) is 0.802. The Labute approximate surface area is 127 Å². The van der Waals surface area contributed by atoms with Crippen LogP contribution in [0.2, 0.25) is 0 Å². The fourth-order valence-corrected chi connectivity index (χ4v) is 2.85. The summed E-state index contributed by atoms with van der Waals surface area (Å²) in [5.41, 5.74) is 6.60. The van der Waals surface area contributed by atoms with E-state index in [-0.39, 0.29) is 0 Å². The lowest BCUT2D eigenvalue weighted by Crippen LogP contribution is -2.10. The molecule has 112 valence electrons. The van der Waals surface area contributed by atoms with E-state index in [2.05, 4.69) is 0 Å². The maximum absolute atomic E-state index is 12.2. The molecule has 0 fully saturated rings. The fourth-order valence-electron chi connectivity index (χ4n) is 1.90. The van der Waals surface area contributed by atoms with Crippen LogP contribution in [0.4, 0.5) is 0 Å². The van der Waals surface area contributed by atoms with E-state index >= 15 is 0 Å². The summed E-state index contributed by atoms with van der Waals surface area (Å²) in [6.07, 6.45) is 0. The van der Waals surface area contributed by atoms with E-state index < -0.39 is 10.8 Å². The third-order valence-corrected chi connectivity index (χ3v) is 4.34. The molecule has 2 N–H and O–H groups in total. The van der Waals surface area contributed by atoms with Crippen LogP contribution < -0.4 is 15.2 Å². The minimum absolute atomic E-state index is 0.376. The molecule has 0 saturated heterocycles. The van der Waals surface area contributed by atoms with Gasteiger partial charge in [0, 0.05) is 17.0 Å². The van der Waals surface area contributed by atoms with Gasteiger partial charge in [-0.25, -0.2) is 0 Å². The summed E-state index contributed by atoms with van der Waals surface area (Å²) >= 11 is 0. The first kappa shape index (κ1) is 15.5. The minimum Gasteiger partial charge on any atom is -0.497 e. The molecule has 0 amide bonds. The third-order valence-electron chi connectivity index (χ3n) is 3.02. The van der Waals surface area contributed by atoms with Gasteiger partial charge in [-0.2, -0.15) is 0 Å². The van der Waals surface area contributed by atoms with Gasteiger partial charge < -0.3 is 15.2 Å². The summed E-state index contributed by atoms with van der Waals surface area (Å²) < 4.78 is 23.0. The van der Waals surface area contributed by atoms with E-state index in [1.807, 2.05) is 42.5 Å². The van der Waals surface area contributed by atoms with Gasteiger partial charge in [-0.1, -0.05) is 24.3 Å². The highest BCUT2D eigenvalue weighted by Crippen LogP contribution is 2.18. The standard InChI is InChI=1S/C16H19NO3S/c1-19-14-6-4-7-15(11-14)21(18)10-9-20-16-8-3-2-5-13(16)12-17/h2-8,11H,9-10,12,17H2,1H3. The summed E-state index contributed by atoms with van der Waals surface area (Å²) in [5.74, 6) is 1.88. The van der Waals surface area contributed by atoms with Gasteiger partial charge in [0.2, 0.25) is 0 Å². The smallest absolute Gasteiger partial charge is 0.123 e. The molecule has 0 saturated carbocycles. The second-order valence-corrected chi connectivity index (χ2v) is 5.96. The number of benzene rings is 2. The molecule has 0 heterocycles. The molecule has 0 aliphatic heterocycles. The van der Waals surface area contributed by atoms with Gasteiger partial charge in [-0.05, 0) is 24.3 Å². The fraction of sp³-hybridized carbons (Fsp3) is 0.250.